The molecule has 2 aromatic rings. The molecule has 29 heavy (non-hydrogen) atoms. The van der Waals surface area contributed by atoms with Crippen molar-refractivity contribution < 1.29 is 18.0 Å². The van der Waals surface area contributed by atoms with Gasteiger partial charge in [-0.1, -0.05) is 6.07 Å². The summed E-state index contributed by atoms with van der Waals surface area (Å²) in [6.07, 6.45) is 4.37. The molecule has 1 fully saturated rings. The molecule has 1 saturated heterocycles. The molecule has 1 aliphatic heterocycles. The number of nitrogens with zero attached hydrogens (tertiary/aromatic N) is 2. The van der Waals surface area contributed by atoms with Gasteiger partial charge in [-0.2, -0.15) is 0 Å². The first-order valence-corrected chi connectivity index (χ1v) is 12.2. The lowest BCUT2D eigenvalue weighted by molar-refractivity contribution is -0.117. The zero-order chi connectivity index (χ0) is 21.0. The second-order valence-corrected chi connectivity index (χ2v) is 9.50. The van der Waals surface area contributed by atoms with E-state index in [4.69, 9.17) is 0 Å². The highest BCUT2D eigenvalue weighted by atomic mass is 32.2. The minimum absolute atomic E-state index is 0.0954. The first-order chi connectivity index (χ1) is 13.8. The summed E-state index contributed by atoms with van der Waals surface area (Å²) in [5, 5.41) is 2.72. The van der Waals surface area contributed by atoms with Gasteiger partial charge in [0.1, 0.15) is 6.54 Å². The SMILES string of the molecule is CSc1cccc(N(CC(=O)Nc2ccc(N3CCCC3=O)cc2)S(C)(=O)=O)c1. The molecule has 0 spiro atoms. The molecular formula is C20H23N3O4S2. The van der Waals surface area contributed by atoms with Crippen LogP contribution in [0.2, 0.25) is 0 Å². The van der Waals surface area contributed by atoms with Crippen molar-refractivity contribution in [2.24, 2.45) is 0 Å². The minimum Gasteiger partial charge on any atom is -0.325 e. The van der Waals surface area contributed by atoms with Gasteiger partial charge in [0, 0.05) is 29.2 Å². The van der Waals surface area contributed by atoms with E-state index in [9.17, 15) is 18.0 Å². The second-order valence-electron chi connectivity index (χ2n) is 6.72. The topological polar surface area (TPSA) is 86.8 Å². The number of benzene rings is 2. The summed E-state index contributed by atoms with van der Waals surface area (Å²) >= 11 is 1.49. The van der Waals surface area contributed by atoms with E-state index in [1.165, 1.54) is 11.8 Å². The normalized spacial score (nSPS) is 14.1. The largest absolute Gasteiger partial charge is 0.325 e. The quantitative estimate of drug-likeness (QED) is 0.679. The second kappa shape index (κ2) is 8.87. The Labute approximate surface area is 175 Å². The van der Waals surface area contributed by atoms with Crippen molar-refractivity contribution in [1.29, 1.82) is 0 Å². The molecule has 0 radical (unpaired) electrons. The third kappa shape index (κ3) is 5.30. The van der Waals surface area contributed by atoms with Gasteiger partial charge in [0.25, 0.3) is 0 Å². The number of rotatable bonds is 7. The molecule has 1 heterocycles. The van der Waals surface area contributed by atoms with Crippen molar-refractivity contribution in [1.82, 2.24) is 0 Å². The maximum atomic E-state index is 12.5. The van der Waals surface area contributed by atoms with E-state index in [-0.39, 0.29) is 12.5 Å². The molecule has 9 heteroatoms. The van der Waals surface area contributed by atoms with Gasteiger partial charge < -0.3 is 10.2 Å². The van der Waals surface area contributed by atoms with Crippen LogP contribution in [-0.2, 0) is 19.6 Å². The predicted molar refractivity (Wildman–Crippen MR) is 117 cm³/mol. The molecule has 0 unspecified atom stereocenters. The molecule has 1 N–H and O–H groups in total. The van der Waals surface area contributed by atoms with E-state index >= 15 is 0 Å². The highest BCUT2D eigenvalue weighted by molar-refractivity contribution is 7.98. The van der Waals surface area contributed by atoms with Crippen LogP contribution in [0, 0.1) is 0 Å². The van der Waals surface area contributed by atoms with Gasteiger partial charge >= 0.3 is 0 Å². The number of anilines is 3. The number of carbonyl (C=O) groups excluding carboxylic acids is 2. The van der Waals surface area contributed by atoms with E-state index in [2.05, 4.69) is 5.32 Å². The van der Waals surface area contributed by atoms with Crippen LogP contribution in [-0.4, -0.2) is 45.8 Å². The number of hydrogen-bond acceptors (Lipinski definition) is 5. The zero-order valence-electron chi connectivity index (χ0n) is 16.3. The lowest BCUT2D eigenvalue weighted by Crippen LogP contribution is -2.37. The van der Waals surface area contributed by atoms with Crippen molar-refractivity contribution >= 4 is 50.7 Å². The maximum Gasteiger partial charge on any atom is 0.245 e. The van der Waals surface area contributed by atoms with Crippen LogP contribution in [0.15, 0.2) is 53.4 Å². The lowest BCUT2D eigenvalue weighted by Gasteiger charge is -2.22. The molecular weight excluding hydrogens is 410 g/mol. The van der Waals surface area contributed by atoms with Crippen LogP contribution in [0.5, 0.6) is 0 Å². The van der Waals surface area contributed by atoms with E-state index in [1.54, 1.807) is 47.4 Å². The zero-order valence-corrected chi connectivity index (χ0v) is 17.9. The lowest BCUT2D eigenvalue weighted by atomic mass is 10.2. The fraction of sp³-hybridized carbons (Fsp3) is 0.300. The Morgan fingerprint density at radius 1 is 1.21 bits per heavy atom. The van der Waals surface area contributed by atoms with Crippen LogP contribution in [0.1, 0.15) is 12.8 Å². The monoisotopic (exact) mass is 433 g/mol. The molecule has 7 nitrogen and oxygen atoms in total. The third-order valence-corrected chi connectivity index (χ3v) is 6.43. The first kappa shape index (κ1) is 21.2. The highest BCUT2D eigenvalue weighted by Crippen LogP contribution is 2.25. The van der Waals surface area contributed by atoms with E-state index in [0.717, 1.165) is 27.6 Å². The Balaban J connectivity index is 1.71. The molecule has 0 aromatic heterocycles. The Bertz CT molecular complexity index is 1010. The number of hydrogen-bond donors (Lipinski definition) is 1. The van der Waals surface area contributed by atoms with Gasteiger partial charge in [-0.3, -0.25) is 13.9 Å². The summed E-state index contributed by atoms with van der Waals surface area (Å²) in [5.74, 6) is -0.354. The Morgan fingerprint density at radius 3 is 2.52 bits per heavy atom. The maximum absolute atomic E-state index is 12.5. The summed E-state index contributed by atoms with van der Waals surface area (Å²) in [5.41, 5.74) is 1.77. The number of sulfonamides is 1. The number of amides is 2. The van der Waals surface area contributed by atoms with Gasteiger partial charge in [-0.15, -0.1) is 11.8 Å². The number of carbonyl (C=O) groups is 2. The van der Waals surface area contributed by atoms with Crippen molar-refractivity contribution in [2.75, 3.05) is 40.1 Å². The molecule has 0 bridgehead atoms. The Kier molecular flexibility index (Phi) is 6.49. The van der Waals surface area contributed by atoms with Crippen molar-refractivity contribution in [2.45, 2.75) is 17.7 Å². The number of nitrogens with one attached hydrogen (secondary N) is 1. The van der Waals surface area contributed by atoms with Gasteiger partial charge in [0.15, 0.2) is 0 Å². The minimum atomic E-state index is -3.64. The van der Waals surface area contributed by atoms with E-state index < -0.39 is 15.9 Å². The van der Waals surface area contributed by atoms with Gasteiger partial charge in [0.05, 0.1) is 11.9 Å². The molecule has 0 aliphatic carbocycles. The smallest absolute Gasteiger partial charge is 0.245 e. The summed E-state index contributed by atoms with van der Waals surface area (Å²) in [4.78, 5) is 27.0. The van der Waals surface area contributed by atoms with Crippen LogP contribution in [0.25, 0.3) is 0 Å². The van der Waals surface area contributed by atoms with E-state index in [1.807, 2.05) is 12.3 Å². The van der Waals surface area contributed by atoms with E-state index in [0.29, 0.717) is 24.3 Å². The molecule has 0 saturated carbocycles. The molecule has 2 aromatic carbocycles. The molecule has 3 rings (SSSR count). The third-order valence-electron chi connectivity index (χ3n) is 4.57. The summed E-state index contributed by atoms with van der Waals surface area (Å²) < 4.78 is 25.6. The van der Waals surface area contributed by atoms with Gasteiger partial charge in [-0.05, 0) is 55.1 Å². The van der Waals surface area contributed by atoms with Gasteiger partial charge in [-0.25, -0.2) is 8.42 Å². The van der Waals surface area contributed by atoms with Crippen molar-refractivity contribution in [3.05, 3.63) is 48.5 Å². The Hall–Kier alpha value is -2.52. The fourth-order valence-electron chi connectivity index (χ4n) is 3.14. The predicted octanol–water partition coefficient (Wildman–Crippen LogP) is 2.94. The van der Waals surface area contributed by atoms with Crippen LogP contribution >= 0.6 is 11.8 Å². The average molecular weight is 434 g/mol. The highest BCUT2D eigenvalue weighted by Gasteiger charge is 2.23. The standard InChI is InChI=1S/C20H23N3O4S2/c1-28-18-6-3-5-17(13-18)23(29(2,26)27)14-19(24)21-15-8-10-16(11-9-15)22-12-4-7-20(22)25/h3,5-6,8-11,13H,4,7,12,14H2,1-2H3,(H,21,24). The first-order valence-electron chi connectivity index (χ1n) is 9.10. The summed E-state index contributed by atoms with van der Waals surface area (Å²) in [7, 11) is -3.64. The fourth-order valence-corrected chi connectivity index (χ4v) is 4.44. The summed E-state index contributed by atoms with van der Waals surface area (Å²) in [6, 6.07) is 14.0. The van der Waals surface area contributed by atoms with Gasteiger partial charge in [0.2, 0.25) is 21.8 Å². The van der Waals surface area contributed by atoms with Crippen LogP contribution in [0.4, 0.5) is 17.1 Å². The van der Waals surface area contributed by atoms with Crippen LogP contribution in [0.3, 0.4) is 0 Å². The molecule has 2 amide bonds. The molecule has 0 atom stereocenters. The summed E-state index contributed by atoms with van der Waals surface area (Å²) in [6.45, 7) is 0.367. The number of thioether (sulfide) groups is 1. The average Bonchev–Trinajstić information content (AvgIpc) is 3.12. The molecule has 1 aliphatic rings. The van der Waals surface area contributed by atoms with Crippen molar-refractivity contribution in [3.8, 4) is 0 Å². The van der Waals surface area contributed by atoms with Crippen molar-refractivity contribution in [3.63, 3.8) is 0 Å². The molecule has 154 valence electrons. The Morgan fingerprint density at radius 2 is 1.93 bits per heavy atom. The van der Waals surface area contributed by atoms with Crippen LogP contribution < -0.4 is 14.5 Å².